The molecular weight excluding hydrogens is 262 g/mol. The number of nitrogens with one attached hydrogen (secondary N) is 2. The summed E-state index contributed by atoms with van der Waals surface area (Å²) in [6, 6.07) is 0. The van der Waals surface area contributed by atoms with Crippen molar-refractivity contribution in [3.05, 3.63) is 32.1 Å². The number of rotatable bonds is 5. The lowest BCUT2D eigenvalue weighted by Crippen LogP contribution is -2.47. The summed E-state index contributed by atoms with van der Waals surface area (Å²) in [6.45, 7) is 4.98. The third-order valence-corrected chi connectivity index (χ3v) is 3.51. The Morgan fingerprint density at radius 2 is 1.90 bits per heavy atom. The first-order chi connectivity index (χ1) is 9.19. The number of carbonyl (C=O) groups is 1. The molecular formula is C13H21N3O4. The molecule has 7 heteroatoms. The molecule has 0 bridgehead atoms. The molecule has 0 unspecified atom stereocenters. The first-order valence-electron chi connectivity index (χ1n) is 6.38. The highest BCUT2D eigenvalue weighted by Crippen LogP contribution is 2.13. The summed E-state index contributed by atoms with van der Waals surface area (Å²) < 4.78 is 0. The van der Waals surface area contributed by atoms with Gasteiger partial charge in [0, 0.05) is 24.7 Å². The molecule has 0 aromatic carbocycles. The van der Waals surface area contributed by atoms with Crippen LogP contribution in [0.15, 0.2) is 9.59 Å². The number of likely N-dealkylation sites (N-methyl/N-ethyl adjacent to an activating group) is 1. The van der Waals surface area contributed by atoms with Crippen LogP contribution >= 0.6 is 0 Å². The molecule has 0 fully saturated rings. The molecule has 0 spiro atoms. The molecule has 0 saturated carbocycles. The van der Waals surface area contributed by atoms with E-state index >= 15 is 0 Å². The van der Waals surface area contributed by atoms with Crippen LogP contribution in [0.1, 0.15) is 31.5 Å². The first kappa shape index (κ1) is 16.2. The zero-order chi connectivity index (χ0) is 15.5. The Balaban J connectivity index is 2.81. The molecule has 0 atom stereocenters. The Morgan fingerprint density at radius 3 is 2.40 bits per heavy atom. The van der Waals surface area contributed by atoms with Gasteiger partial charge in [-0.1, -0.05) is 0 Å². The zero-order valence-electron chi connectivity index (χ0n) is 12.2. The lowest BCUT2D eigenvalue weighted by atomic mass is 10.0. The van der Waals surface area contributed by atoms with Gasteiger partial charge in [0.25, 0.3) is 5.56 Å². The van der Waals surface area contributed by atoms with E-state index in [0.717, 1.165) is 0 Å². The van der Waals surface area contributed by atoms with Gasteiger partial charge in [-0.2, -0.15) is 0 Å². The number of aliphatic hydroxyl groups is 1. The maximum Gasteiger partial charge on any atom is 0.325 e. The second-order valence-corrected chi connectivity index (χ2v) is 5.44. The first-order valence-corrected chi connectivity index (χ1v) is 6.38. The van der Waals surface area contributed by atoms with Crippen LogP contribution in [0.5, 0.6) is 0 Å². The minimum absolute atomic E-state index is 0.135. The minimum Gasteiger partial charge on any atom is -0.394 e. The Labute approximate surface area is 116 Å². The van der Waals surface area contributed by atoms with Crippen LogP contribution < -0.4 is 11.2 Å². The van der Waals surface area contributed by atoms with Crippen molar-refractivity contribution in [3.8, 4) is 0 Å². The van der Waals surface area contributed by atoms with Crippen LogP contribution in [0, 0.1) is 6.92 Å². The van der Waals surface area contributed by atoms with Gasteiger partial charge in [-0.3, -0.25) is 14.6 Å². The highest BCUT2D eigenvalue weighted by molar-refractivity contribution is 5.77. The highest BCUT2D eigenvalue weighted by Gasteiger charge is 2.26. The summed E-state index contributed by atoms with van der Waals surface area (Å²) in [7, 11) is 1.61. The topological polar surface area (TPSA) is 106 Å². The quantitative estimate of drug-likeness (QED) is 0.679. The van der Waals surface area contributed by atoms with Gasteiger partial charge in [-0.15, -0.1) is 0 Å². The van der Waals surface area contributed by atoms with Crippen LogP contribution in [0.4, 0.5) is 0 Å². The van der Waals surface area contributed by atoms with Crippen molar-refractivity contribution in [3.63, 3.8) is 0 Å². The summed E-state index contributed by atoms with van der Waals surface area (Å²) in [5.74, 6) is -0.172. The number of aromatic amines is 2. The van der Waals surface area contributed by atoms with Crippen molar-refractivity contribution < 1.29 is 9.90 Å². The van der Waals surface area contributed by atoms with E-state index in [1.54, 1.807) is 27.8 Å². The molecule has 1 heterocycles. The lowest BCUT2D eigenvalue weighted by Gasteiger charge is -2.34. The van der Waals surface area contributed by atoms with Crippen LogP contribution in [0.2, 0.25) is 0 Å². The normalized spacial score (nSPS) is 11.4. The van der Waals surface area contributed by atoms with Gasteiger partial charge in [0.15, 0.2) is 0 Å². The largest absolute Gasteiger partial charge is 0.394 e. The number of hydrogen-bond acceptors (Lipinski definition) is 4. The number of H-pyrrole nitrogens is 2. The summed E-state index contributed by atoms with van der Waals surface area (Å²) in [5, 5.41) is 9.23. The second-order valence-electron chi connectivity index (χ2n) is 5.44. The molecule has 0 radical (unpaired) electrons. The fraction of sp³-hybridized carbons (Fsp3) is 0.615. The van der Waals surface area contributed by atoms with Crippen LogP contribution in [-0.4, -0.2) is 45.1 Å². The Kier molecular flexibility index (Phi) is 4.88. The van der Waals surface area contributed by atoms with Crippen molar-refractivity contribution in [2.75, 3.05) is 13.7 Å². The number of hydrogen-bond donors (Lipinski definition) is 3. The second kappa shape index (κ2) is 6.04. The molecule has 0 aliphatic heterocycles. The third kappa shape index (κ3) is 3.57. The Hall–Kier alpha value is -1.89. The molecule has 3 N–H and O–H groups in total. The predicted molar refractivity (Wildman–Crippen MR) is 74.7 cm³/mol. The van der Waals surface area contributed by atoms with Crippen molar-refractivity contribution in [2.45, 2.75) is 39.2 Å². The van der Waals surface area contributed by atoms with Gasteiger partial charge in [0.1, 0.15) is 0 Å². The number of carbonyl (C=O) groups excluding carboxylic acids is 1. The van der Waals surface area contributed by atoms with E-state index in [2.05, 4.69) is 9.97 Å². The van der Waals surface area contributed by atoms with Gasteiger partial charge >= 0.3 is 5.69 Å². The van der Waals surface area contributed by atoms with Crippen LogP contribution in [0.3, 0.4) is 0 Å². The zero-order valence-corrected chi connectivity index (χ0v) is 12.2. The fourth-order valence-corrected chi connectivity index (χ4v) is 1.77. The molecule has 1 amide bonds. The Bertz CT molecular complexity index is 600. The number of amides is 1. The average Bonchev–Trinajstić information content (AvgIpc) is 2.36. The summed E-state index contributed by atoms with van der Waals surface area (Å²) in [5.41, 5.74) is -0.809. The maximum absolute atomic E-state index is 12.0. The van der Waals surface area contributed by atoms with Gasteiger partial charge in [0.05, 0.1) is 12.1 Å². The molecule has 0 saturated heterocycles. The van der Waals surface area contributed by atoms with E-state index < -0.39 is 16.8 Å². The van der Waals surface area contributed by atoms with Crippen molar-refractivity contribution >= 4 is 5.91 Å². The molecule has 112 valence electrons. The molecule has 1 aromatic rings. The fourth-order valence-electron chi connectivity index (χ4n) is 1.77. The third-order valence-electron chi connectivity index (χ3n) is 3.51. The summed E-state index contributed by atoms with van der Waals surface area (Å²) >= 11 is 0. The average molecular weight is 283 g/mol. The van der Waals surface area contributed by atoms with Crippen LogP contribution in [-0.2, 0) is 11.2 Å². The molecule has 1 aromatic heterocycles. The van der Waals surface area contributed by atoms with Crippen molar-refractivity contribution in [1.82, 2.24) is 14.9 Å². The summed E-state index contributed by atoms with van der Waals surface area (Å²) in [4.78, 5) is 40.9. The van der Waals surface area contributed by atoms with Crippen LogP contribution in [0.25, 0.3) is 0 Å². The maximum atomic E-state index is 12.0. The van der Waals surface area contributed by atoms with Gasteiger partial charge in [-0.25, -0.2) is 4.79 Å². The number of aryl methyl sites for hydroxylation is 1. The van der Waals surface area contributed by atoms with Gasteiger partial charge in [-0.05, 0) is 27.2 Å². The number of aliphatic hydroxyl groups excluding tert-OH is 1. The van der Waals surface area contributed by atoms with Crippen molar-refractivity contribution in [2.24, 2.45) is 0 Å². The molecule has 7 nitrogen and oxygen atoms in total. The van der Waals surface area contributed by atoms with Gasteiger partial charge in [0.2, 0.25) is 5.91 Å². The smallest absolute Gasteiger partial charge is 0.325 e. The highest BCUT2D eigenvalue weighted by atomic mass is 16.3. The monoisotopic (exact) mass is 283 g/mol. The predicted octanol–water partition coefficient (Wildman–Crippen LogP) is -0.466. The van der Waals surface area contributed by atoms with E-state index in [4.69, 9.17) is 0 Å². The Morgan fingerprint density at radius 1 is 1.30 bits per heavy atom. The number of nitrogens with zero attached hydrogens (tertiary/aromatic N) is 1. The minimum atomic E-state index is -0.649. The molecule has 0 aliphatic rings. The molecule has 20 heavy (non-hydrogen) atoms. The van der Waals surface area contributed by atoms with Crippen molar-refractivity contribution in [1.29, 1.82) is 0 Å². The van der Waals surface area contributed by atoms with E-state index in [1.165, 1.54) is 4.90 Å². The van der Waals surface area contributed by atoms with E-state index in [9.17, 15) is 19.5 Å². The van der Waals surface area contributed by atoms with E-state index in [-0.39, 0.29) is 25.4 Å². The lowest BCUT2D eigenvalue weighted by molar-refractivity contribution is -0.135. The SMILES string of the molecule is Cc1[nH]c(=O)[nH]c(=O)c1CCC(=O)N(C)C(C)(C)CO. The number of aromatic nitrogens is 2. The summed E-state index contributed by atoms with van der Waals surface area (Å²) in [6.07, 6.45) is 0.374. The van der Waals surface area contributed by atoms with Gasteiger partial charge < -0.3 is 15.0 Å². The van der Waals surface area contributed by atoms with E-state index in [0.29, 0.717) is 11.3 Å². The van der Waals surface area contributed by atoms with E-state index in [1.807, 2.05) is 0 Å². The standard InChI is InChI=1S/C13H21N3O4/c1-8-9(11(19)15-12(20)14-8)5-6-10(18)16(4)13(2,3)7-17/h17H,5-7H2,1-4H3,(H2,14,15,19,20). The molecule has 1 rings (SSSR count). The molecule has 0 aliphatic carbocycles.